The summed E-state index contributed by atoms with van der Waals surface area (Å²) >= 11 is 0. The van der Waals surface area contributed by atoms with E-state index in [0.717, 1.165) is 16.7 Å². The van der Waals surface area contributed by atoms with Gasteiger partial charge in [-0.2, -0.15) is 4.31 Å². The first-order valence-corrected chi connectivity index (χ1v) is 8.27. The second-order valence-corrected chi connectivity index (χ2v) is 7.13. The zero-order valence-electron chi connectivity index (χ0n) is 11.9. The first-order chi connectivity index (χ1) is 10.0. The summed E-state index contributed by atoms with van der Waals surface area (Å²) in [7, 11) is -3.52. The van der Waals surface area contributed by atoms with Crippen LogP contribution in [0.2, 0.25) is 0 Å². The molecule has 0 amide bonds. The van der Waals surface area contributed by atoms with Gasteiger partial charge in [-0.15, -0.1) is 6.58 Å². The lowest BCUT2D eigenvalue weighted by atomic mass is 10.1. The molecule has 21 heavy (non-hydrogen) atoms. The average Bonchev–Trinajstić information content (AvgIpc) is 2.87. The van der Waals surface area contributed by atoms with Crippen molar-refractivity contribution in [1.82, 2.24) is 4.31 Å². The highest BCUT2D eigenvalue weighted by atomic mass is 32.2. The minimum atomic E-state index is -3.52. The van der Waals surface area contributed by atoms with Crippen LogP contribution in [0.15, 0.2) is 66.1 Å². The Bertz CT molecular complexity index is 779. The van der Waals surface area contributed by atoms with E-state index in [9.17, 15) is 8.42 Å². The van der Waals surface area contributed by atoms with Crippen LogP contribution >= 0.6 is 0 Å². The molecule has 0 aromatic heterocycles. The second kappa shape index (κ2) is 5.13. The van der Waals surface area contributed by atoms with Gasteiger partial charge < -0.3 is 0 Å². The first-order valence-electron chi connectivity index (χ1n) is 6.83. The van der Waals surface area contributed by atoms with Gasteiger partial charge in [0.15, 0.2) is 0 Å². The summed E-state index contributed by atoms with van der Waals surface area (Å²) in [5.41, 5.74) is 3.10. The molecule has 108 valence electrons. The molecule has 1 aliphatic rings. The third kappa shape index (κ3) is 2.30. The monoisotopic (exact) mass is 299 g/mol. The number of hydrogen-bond acceptors (Lipinski definition) is 2. The van der Waals surface area contributed by atoms with Crippen LogP contribution in [0.1, 0.15) is 22.7 Å². The predicted molar refractivity (Wildman–Crippen MR) is 83.3 cm³/mol. The van der Waals surface area contributed by atoms with Crippen LogP contribution in [0.25, 0.3) is 0 Å². The Labute approximate surface area is 125 Å². The molecule has 3 nitrogen and oxygen atoms in total. The minimum Gasteiger partial charge on any atom is -0.207 e. The third-order valence-electron chi connectivity index (χ3n) is 3.86. The lowest BCUT2D eigenvalue weighted by Gasteiger charge is -2.22. The normalized spacial score (nSPS) is 18.4. The SMILES string of the molecule is C=C[C@H]1c2ccccc2CN1S(=O)(=O)c1ccc(C)cc1. The first kappa shape index (κ1) is 14.0. The maximum absolute atomic E-state index is 12.9. The number of hydrogen-bond donors (Lipinski definition) is 0. The standard InChI is InChI=1S/C17H17NO2S/c1-3-17-16-7-5-4-6-14(16)12-18(17)21(19,20)15-10-8-13(2)9-11-15/h3-11,17H,1,12H2,2H3/t17-/m0/s1. The average molecular weight is 299 g/mol. The molecule has 0 radical (unpaired) electrons. The molecule has 4 heteroatoms. The number of benzene rings is 2. The zero-order valence-corrected chi connectivity index (χ0v) is 12.7. The van der Waals surface area contributed by atoms with E-state index in [-0.39, 0.29) is 6.04 Å². The molecule has 1 heterocycles. The Morgan fingerprint density at radius 2 is 1.81 bits per heavy atom. The van der Waals surface area contributed by atoms with Gasteiger partial charge in [0.25, 0.3) is 0 Å². The van der Waals surface area contributed by atoms with Crippen molar-refractivity contribution in [2.24, 2.45) is 0 Å². The van der Waals surface area contributed by atoms with Crippen LogP contribution in [0, 0.1) is 6.92 Å². The number of aryl methyl sites for hydroxylation is 1. The molecule has 0 fully saturated rings. The highest BCUT2D eigenvalue weighted by Gasteiger charge is 2.36. The van der Waals surface area contributed by atoms with Gasteiger partial charge in [0, 0.05) is 6.54 Å². The fraction of sp³-hybridized carbons (Fsp3) is 0.176. The summed E-state index contributed by atoms with van der Waals surface area (Å²) in [6.07, 6.45) is 1.69. The van der Waals surface area contributed by atoms with Crippen molar-refractivity contribution in [1.29, 1.82) is 0 Å². The summed E-state index contributed by atoms with van der Waals surface area (Å²) in [6.45, 7) is 6.14. The fourth-order valence-electron chi connectivity index (χ4n) is 2.71. The van der Waals surface area contributed by atoms with Crippen molar-refractivity contribution in [3.63, 3.8) is 0 Å². The largest absolute Gasteiger partial charge is 0.244 e. The number of fused-ring (bicyclic) bond motifs is 1. The van der Waals surface area contributed by atoms with Crippen LogP contribution in [-0.2, 0) is 16.6 Å². The molecule has 2 aromatic carbocycles. The molecule has 2 aromatic rings. The van der Waals surface area contributed by atoms with E-state index in [1.165, 1.54) is 4.31 Å². The Balaban J connectivity index is 2.05. The lowest BCUT2D eigenvalue weighted by molar-refractivity contribution is 0.395. The molecule has 0 N–H and O–H groups in total. The number of sulfonamides is 1. The molecule has 0 spiro atoms. The van der Waals surface area contributed by atoms with Gasteiger partial charge in [0.1, 0.15) is 0 Å². The molecule has 0 saturated carbocycles. The maximum atomic E-state index is 12.9. The Morgan fingerprint density at radius 1 is 1.14 bits per heavy atom. The third-order valence-corrected chi connectivity index (χ3v) is 5.70. The maximum Gasteiger partial charge on any atom is 0.244 e. The quantitative estimate of drug-likeness (QED) is 0.814. The van der Waals surface area contributed by atoms with Gasteiger partial charge in [0.05, 0.1) is 10.9 Å². The van der Waals surface area contributed by atoms with Crippen LogP contribution in [0.5, 0.6) is 0 Å². The Kier molecular flexibility index (Phi) is 3.43. The van der Waals surface area contributed by atoms with Gasteiger partial charge in [-0.1, -0.05) is 48.0 Å². The molecule has 0 saturated heterocycles. The van der Waals surface area contributed by atoms with Crippen LogP contribution in [-0.4, -0.2) is 12.7 Å². The summed E-state index contributed by atoms with van der Waals surface area (Å²) in [5, 5.41) is 0. The van der Waals surface area contributed by atoms with Crippen molar-refractivity contribution in [2.45, 2.75) is 24.4 Å². The van der Waals surface area contributed by atoms with E-state index in [1.807, 2.05) is 43.3 Å². The number of rotatable bonds is 3. The molecule has 0 unspecified atom stereocenters. The van der Waals surface area contributed by atoms with Crippen molar-refractivity contribution < 1.29 is 8.42 Å². The van der Waals surface area contributed by atoms with Crippen molar-refractivity contribution in [3.05, 3.63) is 77.9 Å². The molecular weight excluding hydrogens is 282 g/mol. The molecule has 1 atom stereocenters. The van der Waals surface area contributed by atoms with Crippen molar-refractivity contribution >= 4 is 10.0 Å². The predicted octanol–water partition coefficient (Wildman–Crippen LogP) is 3.43. The lowest BCUT2D eigenvalue weighted by Crippen LogP contribution is -2.28. The minimum absolute atomic E-state index is 0.299. The van der Waals surface area contributed by atoms with Crippen LogP contribution in [0.4, 0.5) is 0 Å². The van der Waals surface area contributed by atoms with Crippen LogP contribution < -0.4 is 0 Å². The van der Waals surface area contributed by atoms with Gasteiger partial charge in [-0.25, -0.2) is 8.42 Å². The molecule has 0 aliphatic carbocycles. The fourth-order valence-corrected chi connectivity index (χ4v) is 4.27. The summed E-state index contributed by atoms with van der Waals surface area (Å²) < 4.78 is 27.2. The van der Waals surface area contributed by atoms with Crippen LogP contribution in [0.3, 0.4) is 0 Å². The smallest absolute Gasteiger partial charge is 0.207 e. The van der Waals surface area contributed by atoms with E-state index in [0.29, 0.717) is 11.4 Å². The van der Waals surface area contributed by atoms with E-state index < -0.39 is 10.0 Å². The topological polar surface area (TPSA) is 37.4 Å². The van der Waals surface area contributed by atoms with Gasteiger partial charge >= 0.3 is 0 Å². The summed E-state index contributed by atoms with van der Waals surface area (Å²) in [4.78, 5) is 0.327. The van der Waals surface area contributed by atoms with Gasteiger partial charge in [0.2, 0.25) is 10.0 Å². The Hall–Kier alpha value is -1.91. The van der Waals surface area contributed by atoms with Gasteiger partial charge in [-0.05, 0) is 30.2 Å². The van der Waals surface area contributed by atoms with Crippen molar-refractivity contribution in [3.8, 4) is 0 Å². The zero-order chi connectivity index (χ0) is 15.0. The molecular formula is C17H17NO2S. The summed E-state index contributed by atoms with van der Waals surface area (Å²) in [5.74, 6) is 0. The van der Waals surface area contributed by atoms with E-state index in [2.05, 4.69) is 6.58 Å². The Morgan fingerprint density at radius 3 is 2.48 bits per heavy atom. The van der Waals surface area contributed by atoms with Gasteiger partial charge in [-0.3, -0.25) is 0 Å². The van der Waals surface area contributed by atoms with Crippen molar-refractivity contribution in [2.75, 3.05) is 0 Å². The number of nitrogens with zero attached hydrogens (tertiary/aromatic N) is 1. The van der Waals surface area contributed by atoms with E-state index in [4.69, 9.17) is 0 Å². The summed E-state index contributed by atoms with van der Waals surface area (Å²) in [6, 6.07) is 14.5. The second-order valence-electron chi connectivity index (χ2n) is 5.24. The highest BCUT2D eigenvalue weighted by molar-refractivity contribution is 7.89. The molecule has 3 rings (SSSR count). The van der Waals surface area contributed by atoms with E-state index >= 15 is 0 Å². The molecule has 1 aliphatic heterocycles. The van der Waals surface area contributed by atoms with E-state index in [1.54, 1.807) is 18.2 Å². The molecule has 0 bridgehead atoms. The highest BCUT2D eigenvalue weighted by Crippen LogP contribution is 2.38.